The smallest absolute Gasteiger partial charge is 0.261 e. The second-order valence-electron chi connectivity index (χ2n) is 9.14. The molecule has 1 saturated heterocycles. The van der Waals surface area contributed by atoms with Crippen LogP contribution in [-0.2, 0) is 20.9 Å². The Hall–Kier alpha value is -3.93. The van der Waals surface area contributed by atoms with Crippen LogP contribution in [0.15, 0.2) is 78.9 Å². The molecule has 1 aliphatic rings. The van der Waals surface area contributed by atoms with Crippen molar-refractivity contribution < 1.29 is 19.1 Å². The van der Waals surface area contributed by atoms with Crippen molar-refractivity contribution in [1.82, 2.24) is 4.90 Å². The molecule has 0 N–H and O–H groups in total. The zero-order valence-electron chi connectivity index (χ0n) is 20.3. The summed E-state index contributed by atoms with van der Waals surface area (Å²) in [5.74, 6) is -0.154. The molecule has 35 heavy (non-hydrogen) atoms. The molecule has 4 rings (SSSR count). The number of para-hydroxylation sites is 1. The number of benzene rings is 3. The SMILES string of the molecule is Cc1ccc(CN(C(=O)COc2ccccc2)C2CC(=O)N(c3ccc(C(C)C)cc3)C2=O)cc1. The molecule has 1 unspecified atom stereocenters. The highest BCUT2D eigenvalue weighted by atomic mass is 16.5. The first-order valence-corrected chi connectivity index (χ1v) is 11.8. The molecule has 6 heteroatoms. The summed E-state index contributed by atoms with van der Waals surface area (Å²) in [7, 11) is 0. The highest BCUT2D eigenvalue weighted by Crippen LogP contribution is 2.28. The Balaban J connectivity index is 1.57. The number of ether oxygens (including phenoxy) is 1. The van der Waals surface area contributed by atoms with Gasteiger partial charge in [-0.25, -0.2) is 4.90 Å². The fourth-order valence-corrected chi connectivity index (χ4v) is 4.15. The van der Waals surface area contributed by atoms with Crippen LogP contribution in [0.4, 0.5) is 5.69 Å². The van der Waals surface area contributed by atoms with Gasteiger partial charge in [0.25, 0.3) is 11.8 Å². The largest absolute Gasteiger partial charge is 0.484 e. The standard InChI is InChI=1S/C29H30N2O4/c1-20(2)23-13-15-24(16-14-23)31-27(32)17-26(29(31)34)30(18-22-11-9-21(3)10-12-22)28(33)19-35-25-7-5-4-6-8-25/h4-16,20,26H,17-19H2,1-3H3. The number of anilines is 1. The molecule has 1 heterocycles. The van der Waals surface area contributed by atoms with Crippen molar-refractivity contribution in [3.63, 3.8) is 0 Å². The molecule has 3 aromatic rings. The summed E-state index contributed by atoms with van der Waals surface area (Å²) in [5, 5.41) is 0. The molecule has 0 bridgehead atoms. The first-order chi connectivity index (χ1) is 16.8. The van der Waals surface area contributed by atoms with Crippen LogP contribution in [0.1, 0.15) is 42.9 Å². The van der Waals surface area contributed by atoms with E-state index in [-0.39, 0.29) is 31.4 Å². The minimum atomic E-state index is -0.888. The monoisotopic (exact) mass is 470 g/mol. The van der Waals surface area contributed by atoms with E-state index in [9.17, 15) is 14.4 Å². The van der Waals surface area contributed by atoms with E-state index in [1.54, 1.807) is 24.3 Å². The maximum absolute atomic E-state index is 13.5. The predicted octanol–water partition coefficient (Wildman–Crippen LogP) is 4.86. The summed E-state index contributed by atoms with van der Waals surface area (Å²) in [6, 6.07) is 23.4. The van der Waals surface area contributed by atoms with Crippen molar-refractivity contribution in [1.29, 1.82) is 0 Å². The zero-order valence-corrected chi connectivity index (χ0v) is 20.3. The molecular formula is C29H30N2O4. The molecule has 0 aliphatic carbocycles. The molecule has 3 aromatic carbocycles. The lowest BCUT2D eigenvalue weighted by atomic mass is 10.0. The van der Waals surface area contributed by atoms with E-state index in [0.29, 0.717) is 17.4 Å². The summed E-state index contributed by atoms with van der Waals surface area (Å²) >= 11 is 0. The van der Waals surface area contributed by atoms with Crippen molar-refractivity contribution in [3.8, 4) is 5.75 Å². The second-order valence-corrected chi connectivity index (χ2v) is 9.14. The van der Waals surface area contributed by atoms with E-state index in [1.165, 1.54) is 9.80 Å². The Kier molecular flexibility index (Phi) is 7.30. The van der Waals surface area contributed by atoms with Gasteiger partial charge in [-0.1, -0.05) is 74.0 Å². The topological polar surface area (TPSA) is 66.9 Å². The van der Waals surface area contributed by atoms with Gasteiger partial charge in [-0.3, -0.25) is 14.4 Å². The van der Waals surface area contributed by atoms with E-state index >= 15 is 0 Å². The number of imide groups is 1. The fourth-order valence-electron chi connectivity index (χ4n) is 4.15. The molecule has 1 atom stereocenters. The second kappa shape index (κ2) is 10.6. The van der Waals surface area contributed by atoms with Crippen molar-refractivity contribution >= 4 is 23.4 Å². The fraction of sp³-hybridized carbons (Fsp3) is 0.276. The average molecular weight is 471 g/mol. The van der Waals surface area contributed by atoms with Crippen LogP contribution in [0.5, 0.6) is 5.75 Å². The third kappa shape index (κ3) is 5.60. The quantitative estimate of drug-likeness (QED) is 0.441. The molecule has 1 fully saturated rings. The number of carbonyl (C=O) groups excluding carboxylic acids is 3. The molecular weight excluding hydrogens is 440 g/mol. The molecule has 0 aromatic heterocycles. The maximum Gasteiger partial charge on any atom is 0.261 e. The van der Waals surface area contributed by atoms with E-state index in [1.807, 2.05) is 61.5 Å². The molecule has 0 spiro atoms. The van der Waals surface area contributed by atoms with Gasteiger partial charge in [-0.05, 0) is 48.2 Å². The van der Waals surface area contributed by atoms with E-state index in [4.69, 9.17) is 4.74 Å². The Labute approximate surface area is 206 Å². The molecule has 180 valence electrons. The van der Waals surface area contributed by atoms with Gasteiger partial charge < -0.3 is 9.64 Å². The van der Waals surface area contributed by atoms with Gasteiger partial charge >= 0.3 is 0 Å². The Morgan fingerprint density at radius 1 is 0.971 bits per heavy atom. The minimum absolute atomic E-state index is 0.0618. The Bertz CT molecular complexity index is 1190. The van der Waals surface area contributed by atoms with Gasteiger partial charge in [0.15, 0.2) is 6.61 Å². The molecule has 1 aliphatic heterocycles. The number of amides is 3. The highest BCUT2D eigenvalue weighted by Gasteiger charge is 2.44. The maximum atomic E-state index is 13.5. The number of aryl methyl sites for hydroxylation is 1. The number of rotatable bonds is 8. The van der Waals surface area contributed by atoms with Crippen LogP contribution in [0.2, 0.25) is 0 Å². The molecule has 6 nitrogen and oxygen atoms in total. The normalized spacial score (nSPS) is 15.5. The van der Waals surface area contributed by atoms with Crippen LogP contribution < -0.4 is 9.64 Å². The zero-order chi connectivity index (χ0) is 24.9. The number of nitrogens with zero attached hydrogens (tertiary/aromatic N) is 2. The van der Waals surface area contributed by atoms with Crippen LogP contribution >= 0.6 is 0 Å². The number of hydrogen-bond donors (Lipinski definition) is 0. The van der Waals surface area contributed by atoms with Crippen LogP contribution in [0, 0.1) is 6.92 Å². The first kappa shape index (κ1) is 24.2. The lowest BCUT2D eigenvalue weighted by molar-refractivity contribution is -0.140. The summed E-state index contributed by atoms with van der Waals surface area (Å²) in [6.45, 7) is 6.15. The van der Waals surface area contributed by atoms with Gasteiger partial charge in [-0.15, -0.1) is 0 Å². The van der Waals surface area contributed by atoms with Gasteiger partial charge in [0.05, 0.1) is 12.1 Å². The lowest BCUT2D eigenvalue weighted by Crippen LogP contribution is -2.46. The summed E-state index contributed by atoms with van der Waals surface area (Å²) < 4.78 is 5.67. The van der Waals surface area contributed by atoms with Crippen molar-refractivity contribution in [2.45, 2.75) is 45.7 Å². The lowest BCUT2D eigenvalue weighted by Gasteiger charge is -2.28. The highest BCUT2D eigenvalue weighted by molar-refractivity contribution is 6.23. The van der Waals surface area contributed by atoms with Crippen LogP contribution in [0.3, 0.4) is 0 Å². The summed E-state index contributed by atoms with van der Waals surface area (Å²) in [5.41, 5.74) is 3.62. The molecule has 0 saturated carbocycles. The average Bonchev–Trinajstić information content (AvgIpc) is 3.16. The van der Waals surface area contributed by atoms with Crippen molar-refractivity contribution in [2.75, 3.05) is 11.5 Å². The van der Waals surface area contributed by atoms with Gasteiger partial charge in [0.2, 0.25) is 5.91 Å². The molecule has 3 amide bonds. The molecule has 0 radical (unpaired) electrons. The summed E-state index contributed by atoms with van der Waals surface area (Å²) in [6.07, 6.45) is -0.0618. The minimum Gasteiger partial charge on any atom is -0.484 e. The third-order valence-corrected chi connectivity index (χ3v) is 6.22. The van der Waals surface area contributed by atoms with Crippen LogP contribution in [-0.4, -0.2) is 35.3 Å². The van der Waals surface area contributed by atoms with Gasteiger partial charge in [0.1, 0.15) is 11.8 Å². The first-order valence-electron chi connectivity index (χ1n) is 11.8. The third-order valence-electron chi connectivity index (χ3n) is 6.22. The van der Waals surface area contributed by atoms with Crippen molar-refractivity contribution in [3.05, 3.63) is 95.6 Å². The predicted molar refractivity (Wildman–Crippen MR) is 135 cm³/mol. The summed E-state index contributed by atoms with van der Waals surface area (Å²) in [4.78, 5) is 42.4. The Morgan fingerprint density at radius 3 is 2.26 bits per heavy atom. The van der Waals surface area contributed by atoms with E-state index in [2.05, 4.69) is 13.8 Å². The number of hydrogen-bond acceptors (Lipinski definition) is 4. The van der Waals surface area contributed by atoms with Gasteiger partial charge in [-0.2, -0.15) is 0 Å². The van der Waals surface area contributed by atoms with E-state index < -0.39 is 11.9 Å². The number of carbonyl (C=O) groups is 3. The Morgan fingerprint density at radius 2 is 1.63 bits per heavy atom. The van der Waals surface area contributed by atoms with Crippen LogP contribution in [0.25, 0.3) is 0 Å². The van der Waals surface area contributed by atoms with E-state index in [0.717, 1.165) is 16.7 Å². The van der Waals surface area contributed by atoms with Crippen molar-refractivity contribution in [2.24, 2.45) is 0 Å². The van der Waals surface area contributed by atoms with Gasteiger partial charge in [0, 0.05) is 6.54 Å².